The fourth-order valence-electron chi connectivity index (χ4n) is 4.38. The zero-order valence-electron chi connectivity index (χ0n) is 21.1. The SMILES string of the molecule is Cc1ccc(N(Cc2ccc3c(c2)CN(C(=O)Cc2cccc(C)c2)CCO3)C(=O)C(C)C)cc1. The third-order valence-electron chi connectivity index (χ3n) is 6.34. The predicted molar refractivity (Wildman–Crippen MR) is 139 cm³/mol. The van der Waals surface area contributed by atoms with E-state index in [-0.39, 0.29) is 17.7 Å². The molecule has 0 saturated heterocycles. The summed E-state index contributed by atoms with van der Waals surface area (Å²) >= 11 is 0. The monoisotopic (exact) mass is 470 g/mol. The summed E-state index contributed by atoms with van der Waals surface area (Å²) < 4.78 is 5.97. The summed E-state index contributed by atoms with van der Waals surface area (Å²) in [5, 5.41) is 0. The van der Waals surface area contributed by atoms with E-state index in [1.54, 1.807) is 0 Å². The van der Waals surface area contributed by atoms with Gasteiger partial charge in [-0.1, -0.05) is 67.4 Å². The molecule has 0 unspecified atom stereocenters. The first-order valence-corrected chi connectivity index (χ1v) is 12.3. The van der Waals surface area contributed by atoms with Crippen molar-refractivity contribution in [1.29, 1.82) is 0 Å². The number of hydrogen-bond acceptors (Lipinski definition) is 3. The highest BCUT2D eigenvalue weighted by molar-refractivity contribution is 5.94. The number of aryl methyl sites for hydroxylation is 2. The molecular weight excluding hydrogens is 436 g/mol. The highest BCUT2D eigenvalue weighted by Crippen LogP contribution is 2.27. The number of rotatable bonds is 6. The van der Waals surface area contributed by atoms with Gasteiger partial charge in [0.25, 0.3) is 0 Å². The molecule has 3 aromatic rings. The van der Waals surface area contributed by atoms with E-state index in [1.165, 1.54) is 0 Å². The summed E-state index contributed by atoms with van der Waals surface area (Å²) in [4.78, 5) is 29.9. The van der Waals surface area contributed by atoms with E-state index in [0.717, 1.165) is 39.3 Å². The van der Waals surface area contributed by atoms with Gasteiger partial charge in [0.1, 0.15) is 12.4 Å². The Morgan fingerprint density at radius 1 is 0.943 bits per heavy atom. The summed E-state index contributed by atoms with van der Waals surface area (Å²) in [5.41, 5.74) is 6.20. The summed E-state index contributed by atoms with van der Waals surface area (Å²) in [7, 11) is 0. The zero-order chi connectivity index (χ0) is 24.9. The number of nitrogens with zero attached hydrogens (tertiary/aromatic N) is 2. The lowest BCUT2D eigenvalue weighted by Crippen LogP contribution is -2.34. The average Bonchev–Trinajstić information content (AvgIpc) is 3.05. The molecule has 0 aromatic heterocycles. The van der Waals surface area contributed by atoms with E-state index in [4.69, 9.17) is 4.74 Å². The Morgan fingerprint density at radius 3 is 2.43 bits per heavy atom. The molecule has 0 spiro atoms. The van der Waals surface area contributed by atoms with Crippen LogP contribution in [0.25, 0.3) is 0 Å². The van der Waals surface area contributed by atoms with Crippen LogP contribution in [0.2, 0.25) is 0 Å². The number of benzene rings is 3. The second-order valence-corrected chi connectivity index (χ2v) is 9.69. The lowest BCUT2D eigenvalue weighted by atomic mass is 10.1. The van der Waals surface area contributed by atoms with Gasteiger partial charge in [0.2, 0.25) is 11.8 Å². The molecule has 0 N–H and O–H groups in total. The molecule has 0 bridgehead atoms. The van der Waals surface area contributed by atoms with Crippen LogP contribution in [0.4, 0.5) is 5.69 Å². The Hall–Kier alpha value is -3.60. The van der Waals surface area contributed by atoms with Crippen molar-refractivity contribution >= 4 is 17.5 Å². The lowest BCUT2D eigenvalue weighted by molar-refractivity contribution is -0.131. The van der Waals surface area contributed by atoms with Crippen LogP contribution in [-0.2, 0) is 29.1 Å². The van der Waals surface area contributed by atoms with Crippen molar-refractivity contribution in [2.75, 3.05) is 18.1 Å². The molecular formula is C30H34N2O3. The van der Waals surface area contributed by atoms with Crippen LogP contribution in [0.15, 0.2) is 66.7 Å². The van der Waals surface area contributed by atoms with Crippen LogP contribution in [0.5, 0.6) is 5.75 Å². The van der Waals surface area contributed by atoms with Crippen molar-refractivity contribution in [1.82, 2.24) is 4.90 Å². The van der Waals surface area contributed by atoms with Gasteiger partial charge in [0, 0.05) is 23.7 Å². The number of carbonyl (C=O) groups excluding carboxylic acids is 2. The van der Waals surface area contributed by atoms with Crippen molar-refractivity contribution in [3.05, 3.63) is 94.5 Å². The first-order valence-electron chi connectivity index (χ1n) is 12.3. The highest BCUT2D eigenvalue weighted by Gasteiger charge is 2.23. The summed E-state index contributed by atoms with van der Waals surface area (Å²) in [6.45, 7) is 9.90. The first-order chi connectivity index (χ1) is 16.8. The largest absolute Gasteiger partial charge is 0.491 e. The standard InChI is InChI=1S/C30H34N2O3/c1-21(2)30(34)32(27-11-8-22(3)9-12-27)19-25-10-13-28-26(17-25)20-31(14-15-35-28)29(33)18-24-7-5-6-23(4)16-24/h5-13,16-17,21H,14-15,18-20H2,1-4H3. The Kier molecular flexibility index (Phi) is 7.54. The van der Waals surface area contributed by atoms with Crippen molar-refractivity contribution in [3.8, 4) is 5.75 Å². The Labute approximate surface area is 208 Å². The molecule has 0 fully saturated rings. The van der Waals surface area contributed by atoms with Crippen LogP contribution in [0.1, 0.15) is 41.7 Å². The van der Waals surface area contributed by atoms with Gasteiger partial charge in [-0.25, -0.2) is 0 Å². The molecule has 5 heteroatoms. The summed E-state index contributed by atoms with van der Waals surface area (Å²) in [5.74, 6) is 0.857. The topological polar surface area (TPSA) is 49.9 Å². The van der Waals surface area contributed by atoms with Gasteiger partial charge in [-0.15, -0.1) is 0 Å². The average molecular weight is 471 g/mol. The third kappa shape index (κ3) is 6.10. The summed E-state index contributed by atoms with van der Waals surface area (Å²) in [6, 6.07) is 22.2. The highest BCUT2D eigenvalue weighted by atomic mass is 16.5. The van der Waals surface area contributed by atoms with E-state index >= 15 is 0 Å². The lowest BCUT2D eigenvalue weighted by Gasteiger charge is -2.26. The second-order valence-electron chi connectivity index (χ2n) is 9.69. The number of hydrogen-bond donors (Lipinski definition) is 0. The number of amides is 2. The molecule has 4 rings (SSSR count). The van der Waals surface area contributed by atoms with Crippen LogP contribution in [0, 0.1) is 19.8 Å². The molecule has 1 aliphatic heterocycles. The van der Waals surface area contributed by atoms with Gasteiger partial charge in [0.05, 0.1) is 19.5 Å². The van der Waals surface area contributed by atoms with E-state index in [0.29, 0.717) is 32.7 Å². The molecule has 0 aliphatic carbocycles. The number of anilines is 1. The minimum absolute atomic E-state index is 0.0787. The maximum absolute atomic E-state index is 13.1. The van der Waals surface area contributed by atoms with Crippen molar-refractivity contribution in [3.63, 3.8) is 0 Å². The fraction of sp³-hybridized carbons (Fsp3) is 0.333. The quantitative estimate of drug-likeness (QED) is 0.481. The Balaban J connectivity index is 1.54. The molecule has 35 heavy (non-hydrogen) atoms. The summed E-state index contributed by atoms with van der Waals surface area (Å²) in [6.07, 6.45) is 0.376. The van der Waals surface area contributed by atoms with Crippen molar-refractivity contribution in [2.24, 2.45) is 5.92 Å². The van der Waals surface area contributed by atoms with Gasteiger partial charge < -0.3 is 14.5 Å². The fourth-order valence-corrected chi connectivity index (χ4v) is 4.38. The number of fused-ring (bicyclic) bond motifs is 1. The van der Waals surface area contributed by atoms with E-state index in [9.17, 15) is 9.59 Å². The Morgan fingerprint density at radius 2 is 1.71 bits per heavy atom. The van der Waals surface area contributed by atoms with Gasteiger partial charge in [-0.3, -0.25) is 9.59 Å². The van der Waals surface area contributed by atoms with Crippen molar-refractivity contribution in [2.45, 2.75) is 47.2 Å². The maximum atomic E-state index is 13.1. The minimum atomic E-state index is -0.116. The van der Waals surface area contributed by atoms with Crippen molar-refractivity contribution < 1.29 is 14.3 Å². The normalized spacial score (nSPS) is 13.1. The number of carbonyl (C=O) groups is 2. The van der Waals surface area contributed by atoms with Crippen LogP contribution >= 0.6 is 0 Å². The molecule has 0 radical (unpaired) electrons. The first kappa shape index (κ1) is 24.5. The van der Waals surface area contributed by atoms with Crippen LogP contribution < -0.4 is 9.64 Å². The molecule has 182 valence electrons. The second kappa shape index (κ2) is 10.8. The number of ether oxygens (including phenoxy) is 1. The third-order valence-corrected chi connectivity index (χ3v) is 6.34. The molecule has 3 aromatic carbocycles. The molecule has 0 atom stereocenters. The Bertz CT molecular complexity index is 1200. The molecule has 5 nitrogen and oxygen atoms in total. The van der Waals surface area contributed by atoms with Gasteiger partial charge in [-0.2, -0.15) is 0 Å². The molecule has 0 saturated carbocycles. The zero-order valence-corrected chi connectivity index (χ0v) is 21.1. The smallest absolute Gasteiger partial charge is 0.229 e. The molecule has 1 aliphatic rings. The molecule has 2 amide bonds. The van der Waals surface area contributed by atoms with E-state index in [1.807, 2.05) is 92.1 Å². The predicted octanol–water partition coefficient (Wildman–Crippen LogP) is 5.46. The van der Waals surface area contributed by atoms with Gasteiger partial charge in [0.15, 0.2) is 0 Å². The van der Waals surface area contributed by atoms with Gasteiger partial charge >= 0.3 is 0 Å². The van der Waals surface area contributed by atoms with Crippen LogP contribution in [0.3, 0.4) is 0 Å². The van der Waals surface area contributed by atoms with Crippen LogP contribution in [-0.4, -0.2) is 29.9 Å². The van der Waals surface area contributed by atoms with E-state index in [2.05, 4.69) is 12.1 Å². The maximum Gasteiger partial charge on any atom is 0.229 e. The van der Waals surface area contributed by atoms with Gasteiger partial charge in [-0.05, 0) is 49.2 Å². The molecule has 1 heterocycles. The minimum Gasteiger partial charge on any atom is -0.491 e. The van der Waals surface area contributed by atoms with E-state index < -0.39 is 0 Å².